The van der Waals surface area contributed by atoms with E-state index in [1.54, 1.807) is 12.4 Å². The van der Waals surface area contributed by atoms with Crippen molar-refractivity contribution in [2.45, 2.75) is 19.4 Å². The Morgan fingerprint density at radius 3 is 2.92 bits per heavy atom. The van der Waals surface area contributed by atoms with Gasteiger partial charge in [-0.2, -0.15) is 0 Å². The van der Waals surface area contributed by atoms with Crippen LogP contribution in [0, 0.1) is 5.92 Å². The third-order valence-corrected chi connectivity index (χ3v) is 5.02. The van der Waals surface area contributed by atoms with Gasteiger partial charge in [0.15, 0.2) is 0 Å². The quantitative estimate of drug-likeness (QED) is 0.765. The molecule has 2 N–H and O–H groups in total. The maximum absolute atomic E-state index is 13.1. The van der Waals surface area contributed by atoms with Crippen molar-refractivity contribution in [3.63, 3.8) is 0 Å². The van der Waals surface area contributed by atoms with E-state index < -0.39 is 0 Å². The molecule has 3 heterocycles. The first-order valence-corrected chi connectivity index (χ1v) is 9.04. The number of hydrogen-bond donors (Lipinski definition) is 2. The minimum absolute atomic E-state index is 0.0347. The minimum Gasteiger partial charge on any atom is -0.349 e. The summed E-state index contributed by atoms with van der Waals surface area (Å²) in [7, 11) is 0. The molecular weight excluding hydrogens is 324 g/mol. The van der Waals surface area contributed by atoms with Gasteiger partial charge in [-0.15, -0.1) is 0 Å². The first kappa shape index (κ1) is 16.7. The van der Waals surface area contributed by atoms with E-state index in [-0.39, 0.29) is 11.9 Å². The van der Waals surface area contributed by atoms with Crippen LogP contribution >= 0.6 is 0 Å². The molecule has 0 aliphatic carbocycles. The second kappa shape index (κ2) is 7.22. The van der Waals surface area contributed by atoms with E-state index in [1.165, 1.54) is 0 Å². The van der Waals surface area contributed by atoms with Crippen molar-refractivity contribution in [3.8, 4) is 11.3 Å². The van der Waals surface area contributed by atoms with Crippen molar-refractivity contribution in [3.05, 3.63) is 60.4 Å². The van der Waals surface area contributed by atoms with Gasteiger partial charge in [-0.25, -0.2) is 4.98 Å². The van der Waals surface area contributed by atoms with Crippen LogP contribution in [-0.2, 0) is 0 Å². The predicted molar refractivity (Wildman–Crippen MR) is 103 cm³/mol. The molecule has 1 aromatic carbocycles. The van der Waals surface area contributed by atoms with Gasteiger partial charge in [-0.3, -0.25) is 9.78 Å². The Kier molecular flexibility index (Phi) is 4.63. The number of carbonyl (C=O) groups excluding carboxylic acids is 1. The summed E-state index contributed by atoms with van der Waals surface area (Å²) in [6, 6.07) is 13.7. The van der Waals surface area contributed by atoms with Crippen LogP contribution in [-0.4, -0.2) is 35.0 Å². The van der Waals surface area contributed by atoms with Gasteiger partial charge in [-0.1, -0.05) is 25.1 Å². The molecule has 4 rings (SSSR count). The average molecular weight is 346 g/mol. The van der Waals surface area contributed by atoms with E-state index in [1.807, 2.05) is 42.5 Å². The summed E-state index contributed by atoms with van der Waals surface area (Å²) in [5.41, 5.74) is 3.15. The number of hydrogen-bond acceptors (Lipinski definition) is 4. The summed E-state index contributed by atoms with van der Waals surface area (Å²) in [5, 5.41) is 7.48. The number of rotatable bonds is 3. The molecule has 2 unspecified atom stereocenters. The number of pyridine rings is 2. The number of amides is 1. The number of nitrogens with one attached hydrogen (secondary N) is 2. The molecule has 3 aromatic rings. The molecule has 0 spiro atoms. The molecule has 1 saturated heterocycles. The van der Waals surface area contributed by atoms with E-state index in [0.29, 0.717) is 11.5 Å². The van der Waals surface area contributed by atoms with Crippen LogP contribution in [0.15, 0.2) is 54.9 Å². The van der Waals surface area contributed by atoms with Crippen LogP contribution < -0.4 is 10.6 Å². The van der Waals surface area contributed by atoms with Crippen LogP contribution in [0.4, 0.5) is 0 Å². The summed E-state index contributed by atoms with van der Waals surface area (Å²) in [4.78, 5) is 22.0. The predicted octanol–water partition coefficient (Wildman–Crippen LogP) is 3.02. The Morgan fingerprint density at radius 2 is 2.12 bits per heavy atom. The standard InChI is InChI=1S/C21H22N4O/c1-14-12-23-10-8-18(14)25-21(26)17-11-20(15-5-4-9-22-13-15)24-19-7-3-2-6-16(17)19/h2-7,9,11,13-14,18,23H,8,10,12H2,1H3,(H,25,26). The van der Waals surface area contributed by atoms with Gasteiger partial charge < -0.3 is 10.6 Å². The maximum atomic E-state index is 13.1. The van der Waals surface area contributed by atoms with E-state index in [0.717, 1.165) is 41.7 Å². The fourth-order valence-electron chi connectivity index (χ4n) is 3.50. The smallest absolute Gasteiger partial charge is 0.252 e. The van der Waals surface area contributed by atoms with Crippen molar-refractivity contribution in [1.29, 1.82) is 0 Å². The Hall–Kier alpha value is -2.79. The molecule has 1 aliphatic rings. The molecule has 2 aromatic heterocycles. The highest BCUT2D eigenvalue weighted by molar-refractivity contribution is 6.07. The third-order valence-electron chi connectivity index (χ3n) is 5.02. The fourth-order valence-corrected chi connectivity index (χ4v) is 3.50. The molecular formula is C21H22N4O. The molecule has 1 amide bonds. The summed E-state index contributed by atoms with van der Waals surface area (Å²) in [6.07, 6.45) is 4.45. The topological polar surface area (TPSA) is 66.9 Å². The lowest BCUT2D eigenvalue weighted by molar-refractivity contribution is 0.0916. The summed E-state index contributed by atoms with van der Waals surface area (Å²) >= 11 is 0. The van der Waals surface area contributed by atoms with Crippen LogP contribution in [0.3, 0.4) is 0 Å². The zero-order chi connectivity index (χ0) is 17.9. The molecule has 1 fully saturated rings. The first-order valence-electron chi connectivity index (χ1n) is 9.04. The zero-order valence-electron chi connectivity index (χ0n) is 14.8. The normalized spacial score (nSPS) is 20.0. The number of para-hydroxylation sites is 1. The Bertz CT molecular complexity index is 926. The summed E-state index contributed by atoms with van der Waals surface area (Å²) in [6.45, 7) is 4.04. The Balaban J connectivity index is 1.74. The fraction of sp³-hybridized carbons (Fsp3) is 0.286. The van der Waals surface area contributed by atoms with Crippen LogP contribution in [0.25, 0.3) is 22.2 Å². The lowest BCUT2D eigenvalue weighted by atomic mass is 9.94. The van der Waals surface area contributed by atoms with E-state index >= 15 is 0 Å². The highest BCUT2D eigenvalue weighted by Gasteiger charge is 2.24. The van der Waals surface area contributed by atoms with Crippen molar-refractivity contribution in [2.24, 2.45) is 5.92 Å². The van der Waals surface area contributed by atoms with Crippen molar-refractivity contribution in [2.75, 3.05) is 13.1 Å². The van der Waals surface area contributed by atoms with Crippen molar-refractivity contribution in [1.82, 2.24) is 20.6 Å². The number of fused-ring (bicyclic) bond motifs is 1. The highest BCUT2D eigenvalue weighted by Crippen LogP contribution is 2.25. The number of piperidine rings is 1. The number of nitrogens with zero attached hydrogens (tertiary/aromatic N) is 2. The van der Waals surface area contributed by atoms with Crippen LogP contribution in [0.5, 0.6) is 0 Å². The van der Waals surface area contributed by atoms with Crippen LogP contribution in [0.1, 0.15) is 23.7 Å². The first-order chi connectivity index (χ1) is 12.7. The summed E-state index contributed by atoms with van der Waals surface area (Å²) in [5.74, 6) is 0.381. The van der Waals surface area contributed by atoms with Gasteiger partial charge in [0, 0.05) is 29.4 Å². The van der Waals surface area contributed by atoms with Gasteiger partial charge in [0.1, 0.15) is 0 Å². The zero-order valence-corrected chi connectivity index (χ0v) is 14.8. The molecule has 5 heteroatoms. The number of aromatic nitrogens is 2. The lowest BCUT2D eigenvalue weighted by Gasteiger charge is -2.30. The van der Waals surface area contributed by atoms with Gasteiger partial charge in [-0.05, 0) is 49.7 Å². The second-order valence-electron chi connectivity index (χ2n) is 6.86. The maximum Gasteiger partial charge on any atom is 0.252 e. The minimum atomic E-state index is -0.0347. The summed E-state index contributed by atoms with van der Waals surface area (Å²) < 4.78 is 0. The molecule has 0 saturated carbocycles. The lowest BCUT2D eigenvalue weighted by Crippen LogP contribution is -2.48. The molecule has 0 bridgehead atoms. The monoisotopic (exact) mass is 346 g/mol. The number of carbonyl (C=O) groups is 1. The van der Waals surface area contributed by atoms with Gasteiger partial charge >= 0.3 is 0 Å². The molecule has 1 aliphatic heterocycles. The van der Waals surface area contributed by atoms with Gasteiger partial charge in [0.25, 0.3) is 5.91 Å². The second-order valence-corrected chi connectivity index (χ2v) is 6.86. The Labute approximate surface area is 152 Å². The third kappa shape index (κ3) is 3.30. The SMILES string of the molecule is CC1CNCCC1NC(=O)c1cc(-c2cccnc2)nc2ccccc12. The number of benzene rings is 1. The Morgan fingerprint density at radius 1 is 1.23 bits per heavy atom. The molecule has 132 valence electrons. The average Bonchev–Trinajstić information content (AvgIpc) is 2.69. The molecule has 26 heavy (non-hydrogen) atoms. The highest BCUT2D eigenvalue weighted by atomic mass is 16.1. The van der Waals surface area contributed by atoms with E-state index in [9.17, 15) is 4.79 Å². The molecule has 2 atom stereocenters. The van der Waals surface area contributed by atoms with Gasteiger partial charge in [0.05, 0.1) is 16.8 Å². The largest absolute Gasteiger partial charge is 0.349 e. The molecule has 0 radical (unpaired) electrons. The van der Waals surface area contributed by atoms with E-state index in [4.69, 9.17) is 4.98 Å². The van der Waals surface area contributed by atoms with Gasteiger partial charge in [0.2, 0.25) is 0 Å². The van der Waals surface area contributed by atoms with Crippen molar-refractivity contribution >= 4 is 16.8 Å². The van der Waals surface area contributed by atoms with E-state index in [2.05, 4.69) is 22.5 Å². The molecule has 5 nitrogen and oxygen atoms in total. The van der Waals surface area contributed by atoms with Crippen molar-refractivity contribution < 1.29 is 4.79 Å². The van der Waals surface area contributed by atoms with Crippen LogP contribution in [0.2, 0.25) is 0 Å².